The van der Waals surface area contributed by atoms with Crippen molar-refractivity contribution in [2.75, 3.05) is 17.7 Å². The van der Waals surface area contributed by atoms with E-state index in [1.54, 1.807) is 4.57 Å². The number of carbonyl (C=O) groups excluding carboxylic acids is 2. The Balaban J connectivity index is 1.27. The average molecular weight is 518 g/mol. The molecular weight excluding hydrogens is 486 g/mol. The largest absolute Gasteiger partial charge is 0.483 e. The van der Waals surface area contributed by atoms with Gasteiger partial charge in [0.1, 0.15) is 5.75 Å². The van der Waals surface area contributed by atoms with Crippen LogP contribution in [0.5, 0.6) is 5.75 Å². The van der Waals surface area contributed by atoms with Crippen LogP contribution in [0, 0.1) is 6.92 Å². The molecule has 4 aromatic rings. The molecule has 4 rings (SSSR count). The molecule has 0 radical (unpaired) electrons. The molecule has 0 unspecified atom stereocenters. The lowest BCUT2D eigenvalue weighted by molar-refractivity contribution is -0.123. The highest BCUT2D eigenvalue weighted by Crippen LogP contribution is 2.27. The van der Waals surface area contributed by atoms with Gasteiger partial charge in [0.15, 0.2) is 17.6 Å². The van der Waals surface area contributed by atoms with E-state index in [2.05, 4.69) is 34.7 Å². The minimum absolute atomic E-state index is 0.0863. The van der Waals surface area contributed by atoms with E-state index in [1.165, 1.54) is 11.8 Å². The molecule has 192 valence electrons. The first kappa shape index (κ1) is 26.2. The second-order valence-corrected chi connectivity index (χ2v) is 10.0. The Morgan fingerprint density at radius 1 is 1.03 bits per heavy atom. The number of hydrogen-bond donors (Lipinski definition) is 2. The Bertz CT molecular complexity index is 1410. The molecule has 2 amide bonds. The zero-order chi connectivity index (χ0) is 26.4. The lowest BCUT2D eigenvalue weighted by Gasteiger charge is -2.14. The molecule has 0 spiro atoms. The zero-order valence-corrected chi connectivity index (χ0v) is 22.3. The van der Waals surface area contributed by atoms with E-state index in [4.69, 9.17) is 4.74 Å². The minimum Gasteiger partial charge on any atom is -0.483 e. The van der Waals surface area contributed by atoms with Crippen LogP contribution >= 0.6 is 11.8 Å². The van der Waals surface area contributed by atoms with E-state index in [9.17, 15) is 9.59 Å². The summed E-state index contributed by atoms with van der Waals surface area (Å²) in [7, 11) is 1.81. The predicted octanol–water partition coefficient (Wildman–Crippen LogP) is 4.83. The van der Waals surface area contributed by atoms with Gasteiger partial charge in [0.25, 0.3) is 5.91 Å². The average Bonchev–Trinajstić information content (AvgIpc) is 3.24. The summed E-state index contributed by atoms with van der Waals surface area (Å²) in [6, 6.07) is 19.8. The fourth-order valence-electron chi connectivity index (χ4n) is 3.89. The molecular formula is C28H31N5O3S. The molecule has 1 aromatic heterocycles. The Morgan fingerprint density at radius 3 is 2.62 bits per heavy atom. The number of benzene rings is 3. The number of nitrogens with zero attached hydrogens (tertiary/aromatic N) is 3. The van der Waals surface area contributed by atoms with Crippen LogP contribution in [0.3, 0.4) is 0 Å². The van der Waals surface area contributed by atoms with E-state index in [0.717, 1.165) is 33.3 Å². The monoisotopic (exact) mass is 517 g/mol. The van der Waals surface area contributed by atoms with Gasteiger partial charge in [0.2, 0.25) is 5.91 Å². The number of thioether (sulfide) groups is 1. The summed E-state index contributed by atoms with van der Waals surface area (Å²) in [5.41, 5.74) is 2.92. The SMILES string of the molecule is Cc1ccc(C(C)C)c(OCC(=O)NCc2nnc(SCC(=O)Nc3cccc4ccccc34)n2C)c1. The highest BCUT2D eigenvalue weighted by molar-refractivity contribution is 7.99. The maximum Gasteiger partial charge on any atom is 0.258 e. The van der Waals surface area contributed by atoms with E-state index < -0.39 is 0 Å². The van der Waals surface area contributed by atoms with Crippen molar-refractivity contribution in [1.29, 1.82) is 0 Å². The van der Waals surface area contributed by atoms with E-state index in [-0.39, 0.29) is 30.7 Å². The maximum atomic E-state index is 12.6. The topological polar surface area (TPSA) is 98.1 Å². The maximum absolute atomic E-state index is 12.6. The number of fused-ring (bicyclic) bond motifs is 1. The van der Waals surface area contributed by atoms with E-state index >= 15 is 0 Å². The molecule has 0 aliphatic heterocycles. The smallest absolute Gasteiger partial charge is 0.258 e. The van der Waals surface area contributed by atoms with Crippen LogP contribution in [0.2, 0.25) is 0 Å². The van der Waals surface area contributed by atoms with Gasteiger partial charge in [-0.3, -0.25) is 9.59 Å². The molecule has 9 heteroatoms. The summed E-state index contributed by atoms with van der Waals surface area (Å²) >= 11 is 1.29. The number of aryl methyl sites for hydroxylation is 1. The molecule has 37 heavy (non-hydrogen) atoms. The molecule has 0 atom stereocenters. The Labute approximate surface area is 220 Å². The summed E-state index contributed by atoms with van der Waals surface area (Å²) in [5.74, 6) is 1.41. The summed E-state index contributed by atoms with van der Waals surface area (Å²) in [5, 5.41) is 16.8. The van der Waals surface area contributed by atoms with Crippen molar-refractivity contribution < 1.29 is 14.3 Å². The molecule has 0 fully saturated rings. The number of ether oxygens (including phenoxy) is 1. The third kappa shape index (κ3) is 6.68. The Hall–Kier alpha value is -3.85. The lowest BCUT2D eigenvalue weighted by Crippen LogP contribution is -2.29. The first-order chi connectivity index (χ1) is 17.8. The molecule has 0 saturated heterocycles. The summed E-state index contributed by atoms with van der Waals surface area (Å²) < 4.78 is 7.57. The third-order valence-electron chi connectivity index (χ3n) is 5.91. The van der Waals surface area contributed by atoms with Crippen LogP contribution in [0.1, 0.15) is 36.7 Å². The van der Waals surface area contributed by atoms with Gasteiger partial charge in [0, 0.05) is 18.1 Å². The molecule has 2 N–H and O–H groups in total. The van der Waals surface area contributed by atoms with Gasteiger partial charge < -0.3 is 19.9 Å². The number of amides is 2. The van der Waals surface area contributed by atoms with Crippen molar-refractivity contribution in [1.82, 2.24) is 20.1 Å². The van der Waals surface area contributed by atoms with Crippen molar-refractivity contribution in [3.63, 3.8) is 0 Å². The Morgan fingerprint density at radius 2 is 1.81 bits per heavy atom. The minimum atomic E-state index is -0.247. The summed E-state index contributed by atoms with van der Waals surface area (Å²) in [6.07, 6.45) is 0. The van der Waals surface area contributed by atoms with E-state index in [0.29, 0.717) is 16.9 Å². The molecule has 3 aromatic carbocycles. The Kier molecular flexibility index (Phi) is 8.45. The highest BCUT2D eigenvalue weighted by Gasteiger charge is 2.14. The van der Waals surface area contributed by atoms with Crippen LogP contribution in [0.15, 0.2) is 65.8 Å². The zero-order valence-electron chi connectivity index (χ0n) is 21.4. The predicted molar refractivity (Wildman–Crippen MR) is 147 cm³/mol. The van der Waals surface area contributed by atoms with Gasteiger partial charge in [-0.15, -0.1) is 10.2 Å². The number of hydrogen-bond acceptors (Lipinski definition) is 6. The normalized spacial score (nSPS) is 11.1. The van der Waals surface area contributed by atoms with Crippen LogP contribution in [-0.2, 0) is 23.2 Å². The van der Waals surface area contributed by atoms with Crippen molar-refractivity contribution >= 4 is 40.0 Å². The fraction of sp³-hybridized carbons (Fsp3) is 0.286. The highest BCUT2D eigenvalue weighted by atomic mass is 32.2. The standard InChI is InChI=1S/C28H31N5O3S/c1-18(2)21-13-12-19(3)14-24(21)36-16-26(34)29-15-25-31-32-28(33(25)4)37-17-27(35)30-23-11-7-9-20-8-5-6-10-22(20)23/h5-14,18H,15-17H2,1-4H3,(H,29,34)(H,30,35). The number of rotatable bonds is 10. The van der Waals surface area contributed by atoms with Gasteiger partial charge in [-0.1, -0.05) is 74.1 Å². The van der Waals surface area contributed by atoms with Crippen molar-refractivity contribution in [3.05, 3.63) is 77.6 Å². The lowest BCUT2D eigenvalue weighted by atomic mass is 10.0. The van der Waals surface area contributed by atoms with Gasteiger partial charge in [0.05, 0.1) is 12.3 Å². The first-order valence-electron chi connectivity index (χ1n) is 12.1. The summed E-state index contributed by atoms with van der Waals surface area (Å²) in [4.78, 5) is 25.0. The van der Waals surface area contributed by atoms with Crippen LogP contribution in [0.4, 0.5) is 5.69 Å². The molecule has 0 saturated carbocycles. The second kappa shape index (κ2) is 11.9. The van der Waals surface area contributed by atoms with Crippen molar-refractivity contribution in [2.45, 2.75) is 38.4 Å². The van der Waals surface area contributed by atoms with Crippen molar-refractivity contribution in [2.24, 2.45) is 7.05 Å². The van der Waals surface area contributed by atoms with Crippen LogP contribution < -0.4 is 15.4 Å². The van der Waals surface area contributed by atoms with Gasteiger partial charge in [-0.05, 0) is 41.5 Å². The quantitative estimate of drug-likeness (QED) is 0.293. The molecule has 1 heterocycles. The molecule has 0 aliphatic carbocycles. The van der Waals surface area contributed by atoms with Gasteiger partial charge in [-0.2, -0.15) is 0 Å². The van der Waals surface area contributed by atoms with Crippen molar-refractivity contribution in [3.8, 4) is 5.75 Å². The first-order valence-corrected chi connectivity index (χ1v) is 13.1. The number of anilines is 1. The van der Waals surface area contributed by atoms with Crippen LogP contribution in [-0.4, -0.2) is 38.9 Å². The van der Waals surface area contributed by atoms with E-state index in [1.807, 2.05) is 74.6 Å². The van der Waals surface area contributed by atoms with Gasteiger partial charge >= 0.3 is 0 Å². The number of nitrogens with one attached hydrogen (secondary N) is 2. The van der Waals surface area contributed by atoms with Crippen LogP contribution in [0.25, 0.3) is 10.8 Å². The second-order valence-electron chi connectivity index (χ2n) is 9.08. The molecule has 8 nitrogen and oxygen atoms in total. The molecule has 0 aliphatic rings. The summed E-state index contributed by atoms with van der Waals surface area (Å²) in [6.45, 7) is 6.30. The van der Waals surface area contributed by atoms with Gasteiger partial charge in [-0.25, -0.2) is 0 Å². The number of carbonyl (C=O) groups is 2. The fourth-order valence-corrected chi connectivity index (χ4v) is 4.62. The molecule has 0 bridgehead atoms. The number of aromatic nitrogens is 3. The third-order valence-corrected chi connectivity index (χ3v) is 6.93.